The van der Waals surface area contributed by atoms with Gasteiger partial charge in [-0.25, -0.2) is 0 Å². The minimum Gasteiger partial charge on any atom is -0.271 e. The third-order valence-corrected chi connectivity index (χ3v) is 2.43. The molecule has 0 saturated heterocycles. The Bertz CT molecular complexity index is 79.6. The van der Waals surface area contributed by atoms with Gasteiger partial charge in [-0.3, -0.25) is 11.3 Å². The summed E-state index contributed by atoms with van der Waals surface area (Å²) in [5.41, 5.74) is 2.90. The predicted octanol–water partition coefficient (Wildman–Crippen LogP) is 2.05. The maximum atomic E-state index is 5.46. The largest absolute Gasteiger partial charge is 0.271 e. The molecule has 0 fully saturated rings. The minimum absolute atomic E-state index is 0.523. The van der Waals surface area contributed by atoms with Crippen molar-refractivity contribution in [2.75, 3.05) is 0 Å². The normalized spacial score (nSPS) is 13.9. The van der Waals surface area contributed by atoms with Crippen LogP contribution in [0.15, 0.2) is 0 Å². The van der Waals surface area contributed by atoms with Crippen molar-refractivity contribution < 1.29 is 0 Å². The van der Waals surface area contributed by atoms with Crippen molar-refractivity contribution in [3.8, 4) is 0 Å². The van der Waals surface area contributed by atoms with Gasteiger partial charge in [-0.2, -0.15) is 0 Å². The summed E-state index contributed by atoms with van der Waals surface area (Å²) in [6, 6.07) is 0.523. The molecule has 0 heterocycles. The second kappa shape index (κ2) is 6.62. The van der Waals surface area contributed by atoms with E-state index in [0.717, 1.165) is 5.92 Å². The third kappa shape index (κ3) is 3.73. The van der Waals surface area contributed by atoms with Crippen LogP contribution in [0.3, 0.4) is 0 Å². The summed E-state index contributed by atoms with van der Waals surface area (Å²) in [5.74, 6) is 6.21. The maximum Gasteiger partial charge on any atom is 0.0238 e. The van der Waals surface area contributed by atoms with Crippen LogP contribution in [0.2, 0.25) is 0 Å². The van der Waals surface area contributed by atoms with E-state index < -0.39 is 0 Å². The Morgan fingerprint density at radius 3 is 2.00 bits per heavy atom. The highest BCUT2D eigenvalue weighted by molar-refractivity contribution is 4.71. The van der Waals surface area contributed by atoms with Crippen LogP contribution in [0, 0.1) is 5.92 Å². The van der Waals surface area contributed by atoms with Gasteiger partial charge in [0.2, 0.25) is 0 Å². The van der Waals surface area contributed by atoms with E-state index in [2.05, 4.69) is 26.2 Å². The highest BCUT2D eigenvalue weighted by atomic mass is 15.2. The van der Waals surface area contributed by atoms with Crippen LogP contribution in [0.5, 0.6) is 0 Å². The fourth-order valence-corrected chi connectivity index (χ4v) is 1.62. The van der Waals surface area contributed by atoms with Gasteiger partial charge in [0.1, 0.15) is 0 Å². The molecule has 0 aromatic heterocycles. The van der Waals surface area contributed by atoms with Crippen molar-refractivity contribution in [3.63, 3.8) is 0 Å². The third-order valence-electron chi connectivity index (χ3n) is 2.43. The molecule has 0 aromatic carbocycles. The van der Waals surface area contributed by atoms with Gasteiger partial charge >= 0.3 is 0 Å². The van der Waals surface area contributed by atoms with E-state index in [1.807, 2.05) is 0 Å². The molecule has 0 saturated carbocycles. The lowest BCUT2D eigenvalue weighted by Gasteiger charge is -2.23. The quantitative estimate of drug-likeness (QED) is 0.458. The lowest BCUT2D eigenvalue weighted by atomic mass is 9.92. The molecule has 0 aromatic rings. The molecule has 2 nitrogen and oxygen atoms in total. The van der Waals surface area contributed by atoms with Crippen LogP contribution in [-0.2, 0) is 0 Å². The standard InChI is InChI=1S/C9H22N2/c1-4-7-9(11-10)8(5-2)6-3/h8-9,11H,4-7,10H2,1-3H3. The van der Waals surface area contributed by atoms with Crippen LogP contribution in [-0.4, -0.2) is 6.04 Å². The first-order valence-corrected chi connectivity index (χ1v) is 4.76. The number of hydrazine groups is 1. The molecule has 0 aliphatic heterocycles. The summed E-state index contributed by atoms with van der Waals surface area (Å²) in [6.07, 6.45) is 4.87. The van der Waals surface area contributed by atoms with E-state index in [1.54, 1.807) is 0 Å². The molecular formula is C9H22N2. The van der Waals surface area contributed by atoms with Gasteiger partial charge in [-0.05, 0) is 12.3 Å². The predicted molar refractivity (Wildman–Crippen MR) is 50.1 cm³/mol. The average Bonchev–Trinajstić information content (AvgIpc) is 2.05. The fourth-order valence-electron chi connectivity index (χ4n) is 1.62. The van der Waals surface area contributed by atoms with Gasteiger partial charge in [0.25, 0.3) is 0 Å². The van der Waals surface area contributed by atoms with Gasteiger partial charge in [0.15, 0.2) is 0 Å². The van der Waals surface area contributed by atoms with Gasteiger partial charge in [0.05, 0.1) is 0 Å². The lowest BCUT2D eigenvalue weighted by Crippen LogP contribution is -2.40. The van der Waals surface area contributed by atoms with Crippen molar-refractivity contribution in [1.29, 1.82) is 0 Å². The molecule has 0 rings (SSSR count). The fraction of sp³-hybridized carbons (Fsp3) is 1.00. The zero-order valence-electron chi connectivity index (χ0n) is 8.06. The molecule has 0 spiro atoms. The molecule has 0 bridgehead atoms. The van der Waals surface area contributed by atoms with Gasteiger partial charge < -0.3 is 0 Å². The Morgan fingerprint density at radius 2 is 1.73 bits per heavy atom. The number of nitrogens with two attached hydrogens (primary N) is 1. The Kier molecular flexibility index (Phi) is 6.57. The first-order valence-electron chi connectivity index (χ1n) is 4.76. The lowest BCUT2D eigenvalue weighted by molar-refractivity contribution is 0.319. The van der Waals surface area contributed by atoms with Gasteiger partial charge in [0, 0.05) is 6.04 Å². The number of nitrogens with one attached hydrogen (secondary N) is 1. The van der Waals surface area contributed by atoms with Crippen LogP contribution in [0.25, 0.3) is 0 Å². The zero-order valence-corrected chi connectivity index (χ0v) is 8.06. The second-order valence-corrected chi connectivity index (χ2v) is 3.14. The van der Waals surface area contributed by atoms with E-state index in [-0.39, 0.29) is 0 Å². The Balaban J connectivity index is 3.76. The van der Waals surface area contributed by atoms with Crippen LogP contribution >= 0.6 is 0 Å². The Labute approximate surface area is 70.5 Å². The van der Waals surface area contributed by atoms with Crippen molar-refractivity contribution in [2.45, 2.75) is 52.5 Å². The van der Waals surface area contributed by atoms with Crippen molar-refractivity contribution in [3.05, 3.63) is 0 Å². The molecular weight excluding hydrogens is 136 g/mol. The van der Waals surface area contributed by atoms with Crippen molar-refractivity contribution >= 4 is 0 Å². The van der Waals surface area contributed by atoms with E-state index in [0.29, 0.717) is 6.04 Å². The molecule has 68 valence electrons. The van der Waals surface area contributed by atoms with Crippen molar-refractivity contribution in [2.24, 2.45) is 11.8 Å². The summed E-state index contributed by atoms with van der Waals surface area (Å²) < 4.78 is 0. The van der Waals surface area contributed by atoms with E-state index in [9.17, 15) is 0 Å². The summed E-state index contributed by atoms with van der Waals surface area (Å²) in [5, 5.41) is 0. The molecule has 0 aliphatic rings. The smallest absolute Gasteiger partial charge is 0.0238 e. The monoisotopic (exact) mass is 158 g/mol. The van der Waals surface area contributed by atoms with E-state index >= 15 is 0 Å². The van der Waals surface area contributed by atoms with Gasteiger partial charge in [-0.1, -0.05) is 40.0 Å². The zero-order chi connectivity index (χ0) is 8.69. The first-order chi connectivity index (χ1) is 5.29. The molecule has 0 aliphatic carbocycles. The highest BCUT2D eigenvalue weighted by Gasteiger charge is 2.14. The Hall–Kier alpha value is -0.0800. The number of hydrogen-bond donors (Lipinski definition) is 2. The maximum absolute atomic E-state index is 5.46. The SMILES string of the molecule is CCCC(NN)C(CC)CC. The second-order valence-electron chi connectivity index (χ2n) is 3.14. The summed E-state index contributed by atoms with van der Waals surface area (Å²) in [6.45, 7) is 6.66. The Morgan fingerprint density at radius 1 is 1.18 bits per heavy atom. The van der Waals surface area contributed by atoms with E-state index in [4.69, 9.17) is 5.84 Å². The summed E-state index contributed by atoms with van der Waals surface area (Å²) in [4.78, 5) is 0. The molecule has 1 atom stereocenters. The molecule has 0 radical (unpaired) electrons. The average molecular weight is 158 g/mol. The number of rotatable bonds is 6. The summed E-state index contributed by atoms with van der Waals surface area (Å²) in [7, 11) is 0. The molecule has 1 unspecified atom stereocenters. The topological polar surface area (TPSA) is 38.0 Å². The van der Waals surface area contributed by atoms with Crippen molar-refractivity contribution in [1.82, 2.24) is 5.43 Å². The first kappa shape index (κ1) is 10.9. The van der Waals surface area contributed by atoms with Crippen LogP contribution in [0.1, 0.15) is 46.5 Å². The van der Waals surface area contributed by atoms with E-state index in [1.165, 1.54) is 25.7 Å². The summed E-state index contributed by atoms with van der Waals surface area (Å²) >= 11 is 0. The molecule has 2 heteroatoms. The highest BCUT2D eigenvalue weighted by Crippen LogP contribution is 2.15. The van der Waals surface area contributed by atoms with Crippen LogP contribution < -0.4 is 11.3 Å². The van der Waals surface area contributed by atoms with Gasteiger partial charge in [-0.15, -0.1) is 0 Å². The van der Waals surface area contributed by atoms with Crippen LogP contribution in [0.4, 0.5) is 0 Å². The molecule has 11 heavy (non-hydrogen) atoms. The number of hydrogen-bond acceptors (Lipinski definition) is 2. The molecule has 3 N–H and O–H groups in total. The minimum atomic E-state index is 0.523. The molecule has 0 amide bonds.